The first-order valence-electron chi connectivity index (χ1n) is 24.7. The molecule has 0 amide bonds. The summed E-state index contributed by atoms with van der Waals surface area (Å²) >= 11 is 0. The Morgan fingerprint density at radius 1 is 0.351 bits per heavy atom. The molecule has 0 atom stereocenters. The molecule has 0 aliphatic rings. The monoisotopic (exact) mass is 1350 g/mol. The molecule has 12 rings (SSSR count). The van der Waals surface area contributed by atoms with Gasteiger partial charge in [0.05, 0.1) is 0 Å². The Bertz CT molecular complexity index is 3850. The number of ether oxygens (including phenoxy) is 1. The zero-order valence-corrected chi connectivity index (χ0v) is 46.4. The number of aromatic nitrogens is 5. The molecule has 8 aromatic carbocycles. The molecule has 0 fully saturated rings. The van der Waals surface area contributed by atoms with E-state index in [-0.39, 0.29) is 41.2 Å². The van der Waals surface area contributed by atoms with Crippen LogP contribution in [0.25, 0.3) is 112 Å². The van der Waals surface area contributed by atoms with E-state index in [1.807, 2.05) is 79.4 Å². The Morgan fingerprint density at radius 3 is 1.29 bits per heavy atom. The molecular formula is C69H44IrN5OPt. The van der Waals surface area contributed by atoms with E-state index >= 15 is 0 Å². The summed E-state index contributed by atoms with van der Waals surface area (Å²) in [5.74, 6) is 1.52. The van der Waals surface area contributed by atoms with Gasteiger partial charge in [0, 0.05) is 42.3 Å². The zero-order chi connectivity index (χ0) is 50.5. The van der Waals surface area contributed by atoms with Crippen LogP contribution in [0.4, 0.5) is 0 Å². The minimum atomic E-state index is 0. The van der Waals surface area contributed by atoms with Crippen LogP contribution in [0.3, 0.4) is 0 Å². The maximum Gasteiger partial charge on any atom is 3.00 e. The second kappa shape index (κ2) is 23.5. The molecule has 0 spiro atoms. The van der Waals surface area contributed by atoms with E-state index in [0.717, 1.165) is 101 Å². The van der Waals surface area contributed by atoms with Crippen LogP contribution in [0.15, 0.2) is 231 Å². The Balaban J connectivity index is 0.00000336. The fraction of sp³-hybridized carbons (Fsp3) is 0.0290. The Labute approximate surface area is 477 Å². The van der Waals surface area contributed by atoms with Gasteiger partial charge in [0.15, 0.2) is 0 Å². The molecule has 6 nitrogen and oxygen atoms in total. The molecule has 8 heteroatoms. The molecule has 0 bridgehead atoms. The third-order valence-electron chi connectivity index (χ3n) is 13.1. The van der Waals surface area contributed by atoms with Crippen molar-refractivity contribution in [3.63, 3.8) is 0 Å². The largest absolute Gasteiger partial charge is 3.00 e. The summed E-state index contributed by atoms with van der Waals surface area (Å²) in [6, 6.07) is 84.9. The summed E-state index contributed by atoms with van der Waals surface area (Å²) in [4.78, 5) is 24.1. The van der Waals surface area contributed by atoms with Crippen molar-refractivity contribution in [2.75, 3.05) is 0 Å². The van der Waals surface area contributed by atoms with Crippen molar-refractivity contribution in [1.29, 1.82) is 0 Å². The molecule has 4 heterocycles. The number of pyridine rings is 3. The topological polar surface area (TPSA) is 73.7 Å². The normalized spacial score (nSPS) is 10.8. The number of hydrogen-bond donors (Lipinski definition) is 0. The maximum absolute atomic E-state index is 6.24. The van der Waals surface area contributed by atoms with Gasteiger partial charge in [-0.15, -0.1) is 94.5 Å². The van der Waals surface area contributed by atoms with Gasteiger partial charge < -0.3 is 29.7 Å². The number of hydrogen-bond acceptors (Lipinski definition) is 6. The summed E-state index contributed by atoms with van der Waals surface area (Å²) in [5.41, 5.74) is 20.7. The van der Waals surface area contributed by atoms with Crippen molar-refractivity contribution in [3.8, 4) is 123 Å². The SMILES string of the molecule is Cc1cc[c-]c(-c2ccc(-c3ccccc3-c3cc(-c4ccccc4-c4ccc(-c5[c-]ccc(C)c5)nc4)cc(-c4ccccc4-c4cnc(-c5[c-]ccc(Oc6[c-]c(-c7ccccn7)ccc6)[c-]5)nc4)c3)cn2)c1.[Ir+3].[Pt+2]. The van der Waals surface area contributed by atoms with Crippen LogP contribution < -0.4 is 4.74 Å². The third-order valence-corrected chi connectivity index (χ3v) is 13.1. The van der Waals surface area contributed by atoms with Crippen molar-refractivity contribution < 1.29 is 45.9 Å². The Kier molecular flexibility index (Phi) is 15.9. The summed E-state index contributed by atoms with van der Waals surface area (Å²) < 4.78 is 6.24. The predicted molar refractivity (Wildman–Crippen MR) is 300 cm³/mol. The standard InChI is InChI=1S/C69H44N5O.Ir.Pt/c1-46-15-11-17-48(35-46)67-32-30-52(42-71-67)60-23-3-5-25-62(60)54-37-55(63-26-6-4-24-61(63)53-31-33-68(72-43-53)49-18-12-16-47(2)36-49)39-56(38-54)64-27-7-8-28-65(64)57-44-73-69(74-45-57)51-20-14-22-59(41-51)75-58-21-13-19-50(40-58)66-29-9-10-34-70-66;;/h3-16,19,21-39,42-45H,1-2H3;;/q-5;+3;+2. The van der Waals surface area contributed by atoms with Crippen molar-refractivity contribution in [2.24, 2.45) is 0 Å². The van der Waals surface area contributed by atoms with Gasteiger partial charge in [-0.2, -0.15) is 6.07 Å². The number of rotatable bonds is 12. The fourth-order valence-electron chi connectivity index (χ4n) is 9.41. The van der Waals surface area contributed by atoms with E-state index < -0.39 is 0 Å². The van der Waals surface area contributed by atoms with Gasteiger partial charge in [0.25, 0.3) is 0 Å². The van der Waals surface area contributed by atoms with Crippen molar-refractivity contribution in [1.82, 2.24) is 24.9 Å². The first-order valence-corrected chi connectivity index (χ1v) is 24.7. The molecule has 4 aromatic heterocycles. The van der Waals surface area contributed by atoms with E-state index in [1.165, 1.54) is 11.1 Å². The van der Waals surface area contributed by atoms with Gasteiger partial charge in [-0.25, -0.2) is 17.7 Å². The summed E-state index contributed by atoms with van der Waals surface area (Å²) in [6.45, 7) is 4.17. The first-order chi connectivity index (χ1) is 37.0. The second-order valence-corrected chi connectivity index (χ2v) is 18.2. The van der Waals surface area contributed by atoms with Crippen LogP contribution >= 0.6 is 0 Å². The van der Waals surface area contributed by atoms with E-state index in [4.69, 9.17) is 24.7 Å². The summed E-state index contributed by atoms with van der Waals surface area (Å²) in [7, 11) is 0. The zero-order valence-electron chi connectivity index (χ0n) is 41.7. The average Bonchev–Trinajstić information content (AvgIpc) is 3.49. The van der Waals surface area contributed by atoms with Crippen LogP contribution in [-0.2, 0) is 41.2 Å². The summed E-state index contributed by atoms with van der Waals surface area (Å²) in [5, 5.41) is 0. The molecule has 0 aliphatic carbocycles. The second-order valence-electron chi connectivity index (χ2n) is 18.2. The predicted octanol–water partition coefficient (Wildman–Crippen LogP) is 16.7. The van der Waals surface area contributed by atoms with E-state index in [1.54, 1.807) is 12.3 Å². The van der Waals surface area contributed by atoms with Gasteiger partial charge in [-0.1, -0.05) is 129 Å². The van der Waals surface area contributed by atoms with Crippen LogP contribution in [0, 0.1) is 44.2 Å². The smallest absolute Gasteiger partial charge is 0.515 e. The van der Waals surface area contributed by atoms with Crippen LogP contribution in [0.2, 0.25) is 0 Å². The Morgan fingerprint density at radius 2 is 0.805 bits per heavy atom. The quantitative estimate of drug-likeness (QED) is 0.114. The van der Waals surface area contributed by atoms with Gasteiger partial charge in [0.1, 0.15) is 0 Å². The summed E-state index contributed by atoms with van der Waals surface area (Å²) in [6.07, 6.45) is 9.43. The van der Waals surface area contributed by atoms with Crippen LogP contribution in [-0.4, -0.2) is 24.9 Å². The van der Waals surface area contributed by atoms with E-state index in [2.05, 4.69) is 189 Å². The Hall–Kier alpha value is -8.57. The maximum atomic E-state index is 6.24. The molecule has 0 N–H and O–H groups in total. The molecular weight excluding hydrogens is 1300 g/mol. The van der Waals surface area contributed by atoms with Gasteiger partial charge in [-0.3, -0.25) is 6.07 Å². The minimum Gasteiger partial charge on any atom is -0.515 e. The molecule has 0 saturated carbocycles. The number of aryl methyl sites for hydroxylation is 2. The van der Waals surface area contributed by atoms with Crippen molar-refractivity contribution in [2.45, 2.75) is 13.8 Å². The van der Waals surface area contributed by atoms with Crippen LogP contribution in [0.5, 0.6) is 11.5 Å². The fourth-order valence-corrected chi connectivity index (χ4v) is 9.41. The third kappa shape index (κ3) is 11.5. The van der Waals surface area contributed by atoms with E-state index in [0.29, 0.717) is 22.9 Å². The minimum absolute atomic E-state index is 0. The van der Waals surface area contributed by atoms with Gasteiger partial charge in [0.2, 0.25) is 0 Å². The molecule has 0 unspecified atom stereocenters. The molecule has 0 saturated heterocycles. The number of benzene rings is 8. The van der Waals surface area contributed by atoms with E-state index in [9.17, 15) is 0 Å². The van der Waals surface area contributed by atoms with Crippen molar-refractivity contribution >= 4 is 0 Å². The van der Waals surface area contributed by atoms with Gasteiger partial charge >= 0.3 is 41.2 Å². The average molecular weight is 1350 g/mol. The van der Waals surface area contributed by atoms with Crippen LogP contribution in [0.1, 0.15) is 11.1 Å². The van der Waals surface area contributed by atoms with Crippen molar-refractivity contribution in [3.05, 3.63) is 273 Å². The molecule has 77 heavy (non-hydrogen) atoms. The molecule has 0 aliphatic heterocycles. The molecule has 12 aromatic rings. The number of nitrogens with zero attached hydrogens (tertiary/aromatic N) is 5. The van der Waals surface area contributed by atoms with Gasteiger partial charge in [-0.05, 0) is 114 Å². The molecule has 370 valence electrons. The molecule has 0 radical (unpaired) electrons. The first kappa shape index (κ1) is 51.9.